The molecule has 0 unspecified atom stereocenters. The molecule has 172 valence electrons. The molecule has 0 bridgehead atoms. The van der Waals surface area contributed by atoms with Crippen LogP contribution in [0.15, 0.2) is 23.1 Å². The van der Waals surface area contributed by atoms with Gasteiger partial charge >= 0.3 is 0 Å². The molecule has 2 fully saturated rings. The molecule has 1 saturated heterocycles. The second-order valence-electron chi connectivity index (χ2n) is 8.56. The maximum Gasteiger partial charge on any atom is 0.251 e. The largest absolute Gasteiger partial charge is 0.495 e. The zero-order valence-corrected chi connectivity index (χ0v) is 19.4. The number of nitrogens with zero attached hydrogens (tertiary/aromatic N) is 2. The fourth-order valence-corrected chi connectivity index (χ4v) is 5.41. The first-order chi connectivity index (χ1) is 14.7. The summed E-state index contributed by atoms with van der Waals surface area (Å²) in [6.07, 6.45) is 6.87. The maximum absolute atomic E-state index is 12.8. The average Bonchev–Trinajstić information content (AvgIpc) is 2.79. The molecule has 1 aromatic rings. The molecule has 1 aliphatic carbocycles. The minimum atomic E-state index is -3.75. The van der Waals surface area contributed by atoms with Crippen LogP contribution in [0.1, 0.15) is 55.3 Å². The van der Waals surface area contributed by atoms with Crippen LogP contribution in [0.3, 0.4) is 0 Å². The van der Waals surface area contributed by atoms with Crippen molar-refractivity contribution in [2.24, 2.45) is 5.92 Å². The van der Waals surface area contributed by atoms with Crippen LogP contribution in [-0.2, 0) is 14.8 Å². The van der Waals surface area contributed by atoms with Crippen LogP contribution in [0, 0.1) is 5.92 Å². The zero-order valence-electron chi connectivity index (χ0n) is 18.6. The highest BCUT2D eigenvalue weighted by Crippen LogP contribution is 2.28. The van der Waals surface area contributed by atoms with Crippen LogP contribution < -0.4 is 10.1 Å². The van der Waals surface area contributed by atoms with E-state index < -0.39 is 10.0 Å². The van der Waals surface area contributed by atoms with Gasteiger partial charge in [-0.3, -0.25) is 9.59 Å². The number of rotatable bonds is 6. The van der Waals surface area contributed by atoms with E-state index in [1.54, 1.807) is 6.07 Å². The summed E-state index contributed by atoms with van der Waals surface area (Å²) in [7, 11) is 0.512. The molecule has 1 heterocycles. The molecule has 1 N–H and O–H groups in total. The predicted molar refractivity (Wildman–Crippen MR) is 118 cm³/mol. The number of ether oxygens (including phenoxy) is 1. The average molecular weight is 452 g/mol. The molecule has 8 nitrogen and oxygen atoms in total. The van der Waals surface area contributed by atoms with E-state index in [9.17, 15) is 18.0 Å². The Labute approximate surface area is 185 Å². The van der Waals surface area contributed by atoms with E-state index in [0.717, 1.165) is 30.0 Å². The topological polar surface area (TPSA) is 96.0 Å². The summed E-state index contributed by atoms with van der Waals surface area (Å²) in [5.41, 5.74) is 0.266. The van der Waals surface area contributed by atoms with Crippen LogP contribution in [0.4, 0.5) is 0 Å². The molecule has 2 amide bonds. The summed E-state index contributed by atoms with van der Waals surface area (Å²) in [5, 5.41) is 2.99. The number of piperidine rings is 1. The van der Waals surface area contributed by atoms with Gasteiger partial charge in [0.15, 0.2) is 0 Å². The first-order valence-corrected chi connectivity index (χ1v) is 12.4. The van der Waals surface area contributed by atoms with Crippen molar-refractivity contribution in [1.29, 1.82) is 0 Å². The van der Waals surface area contributed by atoms with E-state index in [2.05, 4.69) is 5.32 Å². The Morgan fingerprint density at radius 3 is 2.29 bits per heavy atom. The van der Waals surface area contributed by atoms with Gasteiger partial charge in [0.05, 0.1) is 7.11 Å². The Bertz CT molecular complexity index is 902. The highest BCUT2D eigenvalue weighted by atomic mass is 32.2. The number of hydrogen-bond donors (Lipinski definition) is 1. The van der Waals surface area contributed by atoms with Crippen molar-refractivity contribution in [2.45, 2.75) is 55.9 Å². The molecular weight excluding hydrogens is 418 g/mol. The molecule has 1 saturated carbocycles. The molecule has 2 aliphatic rings. The highest BCUT2D eigenvalue weighted by molar-refractivity contribution is 7.89. The van der Waals surface area contributed by atoms with Crippen LogP contribution in [-0.4, -0.2) is 69.8 Å². The van der Waals surface area contributed by atoms with Gasteiger partial charge in [-0.1, -0.05) is 19.3 Å². The lowest BCUT2D eigenvalue weighted by Gasteiger charge is -2.35. The fraction of sp³-hybridized carbons (Fsp3) is 0.636. The number of sulfonamides is 1. The third kappa shape index (κ3) is 5.38. The van der Waals surface area contributed by atoms with Gasteiger partial charge in [-0.2, -0.15) is 0 Å². The van der Waals surface area contributed by atoms with Crippen molar-refractivity contribution in [3.63, 3.8) is 0 Å². The van der Waals surface area contributed by atoms with Gasteiger partial charge in [-0.15, -0.1) is 0 Å². The smallest absolute Gasteiger partial charge is 0.251 e. The van der Waals surface area contributed by atoms with Gasteiger partial charge in [-0.05, 0) is 43.9 Å². The molecule has 9 heteroatoms. The highest BCUT2D eigenvalue weighted by Gasteiger charge is 2.30. The molecule has 0 aromatic heterocycles. The number of nitrogens with one attached hydrogen (secondary N) is 1. The fourth-order valence-electron chi connectivity index (χ4n) is 4.34. The number of benzene rings is 1. The van der Waals surface area contributed by atoms with Crippen molar-refractivity contribution in [2.75, 3.05) is 34.3 Å². The normalized spacial score (nSPS) is 18.8. The van der Waals surface area contributed by atoms with Crippen LogP contribution in [0.5, 0.6) is 5.75 Å². The molecular formula is C22H33N3O5S. The van der Waals surface area contributed by atoms with Gasteiger partial charge in [0.1, 0.15) is 10.6 Å². The third-order valence-corrected chi connectivity index (χ3v) is 8.12. The van der Waals surface area contributed by atoms with Crippen LogP contribution >= 0.6 is 0 Å². The summed E-state index contributed by atoms with van der Waals surface area (Å²) < 4.78 is 31.4. The minimum Gasteiger partial charge on any atom is -0.495 e. The predicted octanol–water partition coefficient (Wildman–Crippen LogP) is 2.25. The lowest BCUT2D eigenvalue weighted by Crippen LogP contribution is -2.48. The number of likely N-dealkylation sites (tertiary alicyclic amines) is 1. The van der Waals surface area contributed by atoms with Crippen molar-refractivity contribution in [3.05, 3.63) is 23.8 Å². The zero-order chi connectivity index (χ0) is 22.6. The van der Waals surface area contributed by atoms with E-state index in [1.165, 1.54) is 39.8 Å². The minimum absolute atomic E-state index is 0.0412. The van der Waals surface area contributed by atoms with E-state index in [-0.39, 0.29) is 40.0 Å². The number of amides is 2. The van der Waals surface area contributed by atoms with Gasteiger partial charge < -0.3 is 15.0 Å². The Morgan fingerprint density at radius 2 is 1.71 bits per heavy atom. The third-order valence-electron chi connectivity index (χ3n) is 6.28. The summed E-state index contributed by atoms with van der Waals surface area (Å²) in [6, 6.07) is 4.37. The Kier molecular flexibility index (Phi) is 7.59. The van der Waals surface area contributed by atoms with Gasteiger partial charge in [0.25, 0.3) is 5.91 Å². The SMILES string of the molecule is COc1ccc(C(=O)NC2CCN(C(=O)C3CCCCC3)CC2)cc1S(=O)(=O)N(C)C. The Morgan fingerprint density at radius 1 is 1.06 bits per heavy atom. The van der Waals surface area contributed by atoms with E-state index >= 15 is 0 Å². The quantitative estimate of drug-likeness (QED) is 0.716. The molecule has 0 radical (unpaired) electrons. The molecule has 1 aliphatic heterocycles. The second kappa shape index (κ2) is 9.99. The van der Waals surface area contributed by atoms with Gasteiger partial charge in [0, 0.05) is 44.7 Å². The van der Waals surface area contributed by atoms with Crippen molar-refractivity contribution >= 4 is 21.8 Å². The number of methoxy groups -OCH3 is 1. The van der Waals surface area contributed by atoms with E-state index in [0.29, 0.717) is 25.9 Å². The summed E-state index contributed by atoms with van der Waals surface area (Å²) in [5.74, 6) is 0.295. The van der Waals surface area contributed by atoms with Crippen molar-refractivity contribution in [1.82, 2.24) is 14.5 Å². The van der Waals surface area contributed by atoms with Crippen LogP contribution in [0.25, 0.3) is 0 Å². The van der Waals surface area contributed by atoms with Gasteiger partial charge in [-0.25, -0.2) is 12.7 Å². The first kappa shape index (κ1) is 23.5. The molecule has 31 heavy (non-hydrogen) atoms. The summed E-state index contributed by atoms with van der Waals surface area (Å²) in [4.78, 5) is 27.4. The van der Waals surface area contributed by atoms with Crippen LogP contribution in [0.2, 0.25) is 0 Å². The number of hydrogen-bond acceptors (Lipinski definition) is 5. The summed E-state index contributed by atoms with van der Waals surface area (Å²) in [6.45, 7) is 1.28. The summed E-state index contributed by atoms with van der Waals surface area (Å²) >= 11 is 0. The van der Waals surface area contributed by atoms with Crippen molar-refractivity contribution < 1.29 is 22.7 Å². The first-order valence-electron chi connectivity index (χ1n) is 10.9. The molecule has 0 atom stereocenters. The molecule has 0 spiro atoms. The second-order valence-corrected chi connectivity index (χ2v) is 10.7. The van der Waals surface area contributed by atoms with E-state index in [4.69, 9.17) is 4.74 Å². The lowest BCUT2D eigenvalue weighted by atomic mass is 9.87. The van der Waals surface area contributed by atoms with Gasteiger partial charge in [0.2, 0.25) is 15.9 Å². The number of carbonyl (C=O) groups is 2. The number of carbonyl (C=O) groups excluding carboxylic acids is 2. The Hall–Kier alpha value is -2.13. The Balaban J connectivity index is 1.62. The molecule has 1 aromatic carbocycles. The van der Waals surface area contributed by atoms with E-state index in [1.807, 2.05) is 4.90 Å². The lowest BCUT2D eigenvalue weighted by molar-refractivity contribution is -0.137. The standard InChI is InChI=1S/C22H33N3O5S/c1-24(2)31(28,29)20-15-17(9-10-19(20)30-3)21(26)23-18-11-13-25(14-12-18)22(27)16-7-5-4-6-8-16/h9-10,15-16,18H,4-8,11-14H2,1-3H3,(H,23,26). The van der Waals surface area contributed by atoms with Crippen molar-refractivity contribution in [3.8, 4) is 5.75 Å². The monoisotopic (exact) mass is 451 g/mol. The molecule has 3 rings (SSSR count). The maximum atomic E-state index is 12.8.